The Balaban J connectivity index is 0.862. The van der Waals surface area contributed by atoms with Gasteiger partial charge in [-0.25, -0.2) is 0 Å². The van der Waals surface area contributed by atoms with E-state index in [0.717, 1.165) is 34.1 Å². The molecule has 0 unspecified atom stereocenters. The maximum atomic E-state index is 2.46. The maximum absolute atomic E-state index is 2.46. The number of hydrogen-bond donors (Lipinski definition) is 0. The van der Waals surface area contributed by atoms with Gasteiger partial charge in [-0.1, -0.05) is 185 Å². The van der Waals surface area contributed by atoms with E-state index in [0.29, 0.717) is 0 Å². The number of rotatable bonds is 9. The second kappa shape index (κ2) is 16.3. The van der Waals surface area contributed by atoms with Crippen molar-refractivity contribution >= 4 is 34.1 Å². The van der Waals surface area contributed by atoms with E-state index in [-0.39, 0.29) is 10.8 Å². The van der Waals surface area contributed by atoms with Gasteiger partial charge in [-0.15, -0.1) is 0 Å². The Bertz CT molecular complexity index is 3230. The molecular weight excluding hydrogens is 821 g/mol. The summed E-state index contributed by atoms with van der Waals surface area (Å²) in [7, 11) is 0. The molecule has 0 bridgehead atoms. The fraction of sp³-hybridized carbons (Fsp3) is 0.0909. The summed E-state index contributed by atoms with van der Waals surface area (Å²) in [6, 6.07) is 89.0. The molecule has 0 amide bonds. The van der Waals surface area contributed by atoms with Gasteiger partial charge in [-0.3, -0.25) is 0 Å². The zero-order valence-corrected chi connectivity index (χ0v) is 39.0. The number of nitrogens with zero attached hydrogens (tertiary/aromatic N) is 2. The van der Waals surface area contributed by atoms with Crippen LogP contribution in [0, 0.1) is 0 Å². The first-order chi connectivity index (χ1) is 33.2. The fourth-order valence-corrected chi connectivity index (χ4v) is 11.0. The van der Waals surface area contributed by atoms with Gasteiger partial charge in [0.2, 0.25) is 0 Å². The summed E-state index contributed by atoms with van der Waals surface area (Å²) in [6.07, 6.45) is 0. The molecule has 0 atom stereocenters. The molecular formula is C66H52N2. The zero-order chi connectivity index (χ0) is 46.0. The molecule has 0 N–H and O–H groups in total. The smallest absolute Gasteiger partial charge is 0.0465 e. The predicted octanol–water partition coefficient (Wildman–Crippen LogP) is 18.2. The van der Waals surface area contributed by atoms with Gasteiger partial charge in [0.15, 0.2) is 0 Å². The topological polar surface area (TPSA) is 6.48 Å². The summed E-state index contributed by atoms with van der Waals surface area (Å²) in [4.78, 5) is 4.77. The van der Waals surface area contributed by atoms with Gasteiger partial charge < -0.3 is 9.80 Å². The lowest BCUT2D eigenvalue weighted by Gasteiger charge is -2.28. The molecule has 0 saturated carbocycles. The first kappa shape index (κ1) is 41.2. The molecule has 2 aliphatic carbocycles. The van der Waals surface area contributed by atoms with E-state index in [9.17, 15) is 0 Å². The molecule has 0 aromatic heterocycles. The Morgan fingerprint density at radius 2 is 0.471 bits per heavy atom. The molecule has 0 heterocycles. The molecule has 326 valence electrons. The van der Waals surface area contributed by atoms with Crippen molar-refractivity contribution < 1.29 is 0 Å². The minimum Gasteiger partial charge on any atom is -0.310 e. The van der Waals surface area contributed by atoms with E-state index in [1.807, 2.05) is 0 Å². The van der Waals surface area contributed by atoms with Crippen LogP contribution >= 0.6 is 0 Å². The van der Waals surface area contributed by atoms with E-state index in [4.69, 9.17) is 0 Å². The lowest BCUT2D eigenvalue weighted by atomic mass is 9.80. The Hall–Kier alpha value is -8.20. The van der Waals surface area contributed by atoms with Gasteiger partial charge >= 0.3 is 0 Å². The van der Waals surface area contributed by atoms with Crippen LogP contribution in [-0.2, 0) is 10.8 Å². The van der Waals surface area contributed by atoms with Crippen LogP contribution in [-0.4, -0.2) is 0 Å². The average molecular weight is 873 g/mol. The zero-order valence-electron chi connectivity index (χ0n) is 39.0. The number of anilines is 6. The Labute approximate surface area is 401 Å². The monoisotopic (exact) mass is 872 g/mol. The van der Waals surface area contributed by atoms with Crippen molar-refractivity contribution in [1.29, 1.82) is 0 Å². The first-order valence-electron chi connectivity index (χ1n) is 23.8. The van der Waals surface area contributed by atoms with Crippen LogP contribution in [0.3, 0.4) is 0 Å². The van der Waals surface area contributed by atoms with Gasteiger partial charge in [0.05, 0.1) is 0 Å². The van der Waals surface area contributed by atoms with Crippen molar-refractivity contribution in [2.24, 2.45) is 0 Å². The van der Waals surface area contributed by atoms with Gasteiger partial charge in [0.1, 0.15) is 0 Å². The van der Waals surface area contributed by atoms with E-state index in [1.54, 1.807) is 0 Å². The number of hydrogen-bond acceptors (Lipinski definition) is 2. The fourth-order valence-electron chi connectivity index (χ4n) is 11.0. The highest BCUT2D eigenvalue weighted by Gasteiger charge is 2.38. The molecule has 2 aliphatic rings. The quantitative estimate of drug-likeness (QED) is 0.143. The highest BCUT2D eigenvalue weighted by Crippen LogP contribution is 2.54. The molecule has 12 rings (SSSR count). The van der Waals surface area contributed by atoms with E-state index in [1.165, 1.54) is 77.9 Å². The van der Waals surface area contributed by atoms with Crippen LogP contribution in [0.5, 0.6) is 0 Å². The Morgan fingerprint density at radius 1 is 0.221 bits per heavy atom. The Morgan fingerprint density at radius 3 is 0.824 bits per heavy atom. The predicted molar refractivity (Wildman–Crippen MR) is 287 cm³/mol. The molecule has 10 aromatic carbocycles. The first-order valence-corrected chi connectivity index (χ1v) is 23.8. The number of benzene rings is 10. The van der Waals surface area contributed by atoms with Crippen molar-refractivity contribution in [3.63, 3.8) is 0 Å². The van der Waals surface area contributed by atoms with Crippen LogP contribution < -0.4 is 9.80 Å². The molecule has 2 heteroatoms. The molecule has 0 aliphatic heterocycles. The van der Waals surface area contributed by atoms with E-state index < -0.39 is 0 Å². The molecule has 0 fully saturated rings. The summed E-state index contributed by atoms with van der Waals surface area (Å²) in [6.45, 7) is 9.57. The van der Waals surface area contributed by atoms with E-state index in [2.05, 4.69) is 280 Å². The van der Waals surface area contributed by atoms with Crippen molar-refractivity contribution in [2.75, 3.05) is 9.80 Å². The third kappa shape index (κ3) is 6.95. The van der Waals surface area contributed by atoms with Crippen LogP contribution in [0.15, 0.2) is 243 Å². The van der Waals surface area contributed by atoms with Crippen molar-refractivity contribution in [1.82, 2.24) is 0 Å². The van der Waals surface area contributed by atoms with Crippen LogP contribution in [0.1, 0.15) is 49.9 Å². The summed E-state index contributed by atoms with van der Waals surface area (Å²) in [5.74, 6) is 0. The lowest BCUT2D eigenvalue weighted by molar-refractivity contribution is 0.659. The lowest BCUT2D eigenvalue weighted by Crippen LogP contribution is -2.17. The summed E-state index contributed by atoms with van der Waals surface area (Å²) >= 11 is 0. The van der Waals surface area contributed by atoms with Crippen LogP contribution in [0.25, 0.3) is 55.6 Å². The normalized spacial score (nSPS) is 13.5. The van der Waals surface area contributed by atoms with E-state index >= 15 is 0 Å². The third-order valence-corrected chi connectivity index (χ3v) is 14.7. The minimum absolute atomic E-state index is 0.203. The van der Waals surface area contributed by atoms with Crippen molar-refractivity contribution in [2.45, 2.75) is 38.5 Å². The summed E-state index contributed by atoms with van der Waals surface area (Å²) < 4.78 is 0. The molecule has 68 heavy (non-hydrogen) atoms. The largest absolute Gasteiger partial charge is 0.310 e. The highest BCUT2D eigenvalue weighted by molar-refractivity contribution is 5.90. The standard InChI is InChI=1S/C66H52N2/c1-65(2)61-41-49(29-37-57(61)59-39-35-55(43-63(59)65)67(51-21-13-7-14-22-51)53-31-25-47(26-32-53)45-17-9-5-10-18-45)50-30-38-58-60-40-36-56(44-64(60)66(3,4)62(58)42-50)68(52-23-15-8-16-24-52)54-33-27-48(28-34-54)46-19-11-6-12-20-46/h5-44H,1-4H3. The molecule has 10 aromatic rings. The second-order valence-corrected chi connectivity index (χ2v) is 19.4. The number of para-hydroxylation sites is 2. The van der Waals surface area contributed by atoms with Crippen molar-refractivity contribution in [3.8, 4) is 55.6 Å². The third-order valence-electron chi connectivity index (χ3n) is 14.7. The highest BCUT2D eigenvalue weighted by atomic mass is 15.1. The van der Waals surface area contributed by atoms with Crippen LogP contribution in [0.2, 0.25) is 0 Å². The van der Waals surface area contributed by atoms with Crippen molar-refractivity contribution in [3.05, 3.63) is 265 Å². The SMILES string of the molecule is CC1(C)c2cc(-c3ccc4c(c3)C(C)(C)c3cc(N(c5ccccc5)c5ccc(-c6ccccc6)cc5)ccc3-4)ccc2-c2ccc(N(c3ccccc3)c3ccc(-c4ccccc4)cc3)cc21. The molecule has 0 saturated heterocycles. The van der Waals surface area contributed by atoms with Gasteiger partial charge in [-0.2, -0.15) is 0 Å². The van der Waals surface area contributed by atoms with Gasteiger partial charge in [0, 0.05) is 45.0 Å². The second-order valence-electron chi connectivity index (χ2n) is 19.4. The van der Waals surface area contributed by atoms with Gasteiger partial charge in [-0.05, 0) is 163 Å². The average Bonchev–Trinajstić information content (AvgIpc) is 3.76. The Kier molecular flexibility index (Phi) is 9.88. The maximum Gasteiger partial charge on any atom is 0.0465 e. The summed E-state index contributed by atoms with van der Waals surface area (Å²) in [5, 5.41) is 0. The van der Waals surface area contributed by atoms with Crippen LogP contribution in [0.4, 0.5) is 34.1 Å². The molecule has 2 nitrogen and oxygen atoms in total. The molecule has 0 radical (unpaired) electrons. The van der Waals surface area contributed by atoms with Gasteiger partial charge in [0.25, 0.3) is 0 Å². The number of fused-ring (bicyclic) bond motifs is 6. The molecule has 0 spiro atoms. The minimum atomic E-state index is -0.203. The summed E-state index contributed by atoms with van der Waals surface area (Å²) in [5.41, 5.74) is 24.5.